The smallest absolute Gasteiger partial charge is 0.315 e. The Labute approximate surface area is 163 Å². The number of fused-ring (bicyclic) bond motifs is 1. The summed E-state index contributed by atoms with van der Waals surface area (Å²) in [6, 6.07) is 7.93. The monoisotopic (exact) mass is 384 g/mol. The number of amides is 2. The van der Waals surface area contributed by atoms with E-state index in [1.165, 1.54) is 0 Å². The maximum Gasteiger partial charge on any atom is 0.315 e. The predicted octanol–water partition coefficient (Wildman–Crippen LogP) is 3.12. The van der Waals surface area contributed by atoms with E-state index in [0.29, 0.717) is 24.8 Å². The first-order valence-corrected chi connectivity index (χ1v) is 10.5. The van der Waals surface area contributed by atoms with Gasteiger partial charge in [0.25, 0.3) is 0 Å². The number of hydrogen-bond acceptors (Lipinski definition) is 4. The molecule has 6 nitrogen and oxygen atoms in total. The van der Waals surface area contributed by atoms with Crippen molar-refractivity contribution >= 4 is 29.4 Å². The quantitative estimate of drug-likeness (QED) is 0.808. The van der Waals surface area contributed by atoms with Crippen molar-refractivity contribution in [1.82, 2.24) is 14.7 Å². The van der Waals surface area contributed by atoms with E-state index in [1.54, 1.807) is 21.3 Å². The molecule has 1 aromatic heterocycles. The fourth-order valence-corrected chi connectivity index (χ4v) is 4.83. The summed E-state index contributed by atoms with van der Waals surface area (Å²) in [6.45, 7) is 5.44. The molecule has 1 atom stereocenters. The lowest BCUT2D eigenvalue weighted by molar-refractivity contribution is -0.144. The van der Waals surface area contributed by atoms with Crippen LogP contribution in [0.1, 0.15) is 36.6 Å². The topological polar surface area (TPSA) is 67.2 Å². The molecule has 0 spiro atoms. The minimum Gasteiger partial charge on any atom is -0.334 e. The molecule has 2 amide bonds. The number of thioether (sulfide) groups is 1. The van der Waals surface area contributed by atoms with Crippen molar-refractivity contribution in [2.45, 2.75) is 38.2 Å². The zero-order valence-corrected chi connectivity index (χ0v) is 16.5. The zero-order chi connectivity index (χ0) is 19.0. The second-order valence-electron chi connectivity index (χ2n) is 7.42. The molecule has 2 aliphatic rings. The Balaban J connectivity index is 1.63. The Morgan fingerprint density at radius 2 is 2.07 bits per heavy atom. The number of carbonyl (C=O) groups is 2. The summed E-state index contributed by atoms with van der Waals surface area (Å²) in [6.07, 6.45) is 2.06. The SMILES string of the molecule is Cc1ccccc1-n1nc2c(c1NC(=O)C(=O)N1CCC[C@@H](C)C1)CSC2. The minimum atomic E-state index is -0.571. The van der Waals surface area contributed by atoms with Gasteiger partial charge in [0.1, 0.15) is 5.82 Å². The number of benzene rings is 1. The van der Waals surface area contributed by atoms with Gasteiger partial charge in [0.2, 0.25) is 0 Å². The van der Waals surface area contributed by atoms with Gasteiger partial charge in [0.15, 0.2) is 0 Å². The van der Waals surface area contributed by atoms with E-state index in [4.69, 9.17) is 5.10 Å². The summed E-state index contributed by atoms with van der Waals surface area (Å²) in [5, 5.41) is 7.60. The summed E-state index contributed by atoms with van der Waals surface area (Å²) in [7, 11) is 0. The molecule has 142 valence electrons. The van der Waals surface area contributed by atoms with Gasteiger partial charge >= 0.3 is 11.8 Å². The van der Waals surface area contributed by atoms with Gasteiger partial charge in [-0.1, -0.05) is 25.1 Å². The van der Waals surface area contributed by atoms with E-state index in [2.05, 4.69) is 12.2 Å². The average Bonchev–Trinajstić information content (AvgIpc) is 3.24. The van der Waals surface area contributed by atoms with E-state index in [0.717, 1.165) is 46.9 Å². The van der Waals surface area contributed by atoms with Crippen molar-refractivity contribution in [1.29, 1.82) is 0 Å². The van der Waals surface area contributed by atoms with Gasteiger partial charge in [-0.25, -0.2) is 4.68 Å². The summed E-state index contributed by atoms with van der Waals surface area (Å²) < 4.78 is 1.78. The number of carbonyl (C=O) groups excluding carboxylic acids is 2. The van der Waals surface area contributed by atoms with Gasteiger partial charge in [-0.2, -0.15) is 16.9 Å². The zero-order valence-electron chi connectivity index (χ0n) is 15.7. The Morgan fingerprint density at radius 3 is 2.85 bits per heavy atom. The van der Waals surface area contributed by atoms with E-state index >= 15 is 0 Å². The van der Waals surface area contributed by atoms with Gasteiger partial charge in [-0.3, -0.25) is 9.59 Å². The number of likely N-dealkylation sites (tertiary alicyclic amines) is 1. The lowest BCUT2D eigenvalue weighted by atomic mass is 10.0. The van der Waals surface area contributed by atoms with Crippen LogP contribution in [-0.4, -0.2) is 39.6 Å². The standard InChI is InChI=1S/C20H24N4O2S/c1-13-6-5-9-23(10-13)20(26)19(25)21-18-15-11-27-12-16(15)22-24(18)17-8-4-3-7-14(17)2/h3-4,7-8,13H,5-6,9-12H2,1-2H3,(H,21,25)/t13-/m1/s1. The molecule has 2 aliphatic heterocycles. The van der Waals surface area contributed by atoms with Gasteiger partial charge in [-0.05, 0) is 37.3 Å². The van der Waals surface area contributed by atoms with E-state index < -0.39 is 11.8 Å². The Kier molecular flexibility index (Phi) is 4.95. The molecule has 27 heavy (non-hydrogen) atoms. The molecular weight excluding hydrogens is 360 g/mol. The molecule has 1 N–H and O–H groups in total. The lowest BCUT2D eigenvalue weighted by Gasteiger charge is -2.30. The predicted molar refractivity (Wildman–Crippen MR) is 107 cm³/mol. The van der Waals surface area contributed by atoms with Crippen LogP contribution in [0.15, 0.2) is 24.3 Å². The number of para-hydroxylation sites is 1. The van der Waals surface area contributed by atoms with Crippen molar-refractivity contribution in [2.24, 2.45) is 5.92 Å². The van der Waals surface area contributed by atoms with Crippen molar-refractivity contribution in [3.8, 4) is 5.69 Å². The number of nitrogens with one attached hydrogen (secondary N) is 1. The first-order chi connectivity index (χ1) is 13.0. The molecule has 4 rings (SSSR count). The van der Waals surface area contributed by atoms with Crippen LogP contribution >= 0.6 is 11.8 Å². The number of aromatic nitrogens is 2. The highest BCUT2D eigenvalue weighted by Gasteiger charge is 2.30. The molecule has 3 heterocycles. The first kappa shape index (κ1) is 18.1. The van der Waals surface area contributed by atoms with Gasteiger partial charge in [0.05, 0.1) is 11.4 Å². The van der Waals surface area contributed by atoms with E-state index in [9.17, 15) is 9.59 Å². The summed E-state index contributed by atoms with van der Waals surface area (Å²) in [5.74, 6) is 1.68. The normalized spacial score (nSPS) is 19.0. The molecule has 0 aliphatic carbocycles. The van der Waals surface area contributed by atoms with Gasteiger partial charge in [-0.15, -0.1) is 0 Å². The van der Waals surface area contributed by atoms with Gasteiger partial charge in [0, 0.05) is 30.2 Å². The number of nitrogens with zero attached hydrogens (tertiary/aromatic N) is 3. The van der Waals surface area contributed by atoms with Crippen LogP contribution in [-0.2, 0) is 21.1 Å². The Hall–Kier alpha value is -2.28. The van der Waals surface area contributed by atoms with Crippen molar-refractivity contribution in [3.05, 3.63) is 41.1 Å². The van der Waals surface area contributed by atoms with Crippen molar-refractivity contribution in [3.63, 3.8) is 0 Å². The molecule has 2 aromatic rings. The molecule has 1 saturated heterocycles. The summed E-state index contributed by atoms with van der Waals surface area (Å²) >= 11 is 1.77. The van der Waals surface area contributed by atoms with Crippen LogP contribution in [0, 0.1) is 12.8 Å². The molecule has 1 aromatic carbocycles. The number of hydrogen-bond donors (Lipinski definition) is 1. The molecular formula is C20H24N4O2S. The molecule has 0 radical (unpaired) electrons. The molecule has 0 bridgehead atoms. The highest BCUT2D eigenvalue weighted by Crippen LogP contribution is 2.36. The lowest BCUT2D eigenvalue weighted by Crippen LogP contribution is -2.45. The third-order valence-electron chi connectivity index (χ3n) is 5.27. The van der Waals surface area contributed by atoms with Crippen LogP contribution in [0.5, 0.6) is 0 Å². The van der Waals surface area contributed by atoms with Crippen LogP contribution < -0.4 is 5.32 Å². The fourth-order valence-electron chi connectivity index (χ4n) is 3.80. The third-order valence-corrected chi connectivity index (χ3v) is 6.24. The first-order valence-electron chi connectivity index (χ1n) is 9.39. The second kappa shape index (κ2) is 7.38. The Bertz CT molecular complexity index is 892. The second-order valence-corrected chi connectivity index (χ2v) is 8.40. The highest BCUT2D eigenvalue weighted by molar-refractivity contribution is 7.98. The molecule has 1 fully saturated rings. The fraction of sp³-hybridized carbons (Fsp3) is 0.450. The number of rotatable bonds is 2. The Morgan fingerprint density at radius 1 is 1.26 bits per heavy atom. The summed E-state index contributed by atoms with van der Waals surface area (Å²) in [5.41, 5.74) is 4.00. The minimum absolute atomic E-state index is 0.439. The number of aryl methyl sites for hydroxylation is 1. The average molecular weight is 385 g/mol. The van der Waals surface area contributed by atoms with E-state index in [-0.39, 0.29) is 0 Å². The van der Waals surface area contributed by atoms with Crippen LogP contribution in [0.25, 0.3) is 5.69 Å². The number of piperidine rings is 1. The van der Waals surface area contributed by atoms with Crippen LogP contribution in [0.4, 0.5) is 5.82 Å². The number of anilines is 1. The molecule has 0 saturated carbocycles. The van der Waals surface area contributed by atoms with Gasteiger partial charge < -0.3 is 10.2 Å². The van der Waals surface area contributed by atoms with Crippen LogP contribution in [0.3, 0.4) is 0 Å². The summed E-state index contributed by atoms with van der Waals surface area (Å²) in [4.78, 5) is 27.1. The molecule has 0 unspecified atom stereocenters. The molecule has 7 heteroatoms. The van der Waals surface area contributed by atoms with Crippen molar-refractivity contribution < 1.29 is 9.59 Å². The largest absolute Gasteiger partial charge is 0.334 e. The van der Waals surface area contributed by atoms with Crippen molar-refractivity contribution in [2.75, 3.05) is 18.4 Å². The highest BCUT2D eigenvalue weighted by atomic mass is 32.2. The third kappa shape index (κ3) is 3.48. The van der Waals surface area contributed by atoms with E-state index in [1.807, 2.05) is 31.2 Å². The van der Waals surface area contributed by atoms with Crippen LogP contribution in [0.2, 0.25) is 0 Å². The maximum atomic E-state index is 12.7. The maximum absolute atomic E-state index is 12.7.